The van der Waals surface area contributed by atoms with Gasteiger partial charge < -0.3 is 4.90 Å². The first-order valence-electron chi connectivity index (χ1n) is 8.07. The fourth-order valence-corrected chi connectivity index (χ4v) is 4.32. The summed E-state index contributed by atoms with van der Waals surface area (Å²) in [5, 5.41) is 8.97. The number of nitriles is 1. The third-order valence-corrected chi connectivity index (χ3v) is 6.05. The summed E-state index contributed by atoms with van der Waals surface area (Å²) in [7, 11) is -3.71. The van der Waals surface area contributed by atoms with Gasteiger partial charge in [-0.2, -0.15) is 9.57 Å². The molecule has 1 aliphatic heterocycles. The number of aromatic nitrogens is 2. The first kappa shape index (κ1) is 20.8. The summed E-state index contributed by atoms with van der Waals surface area (Å²) in [6, 6.07) is 7.90. The summed E-state index contributed by atoms with van der Waals surface area (Å²) in [5.41, 5.74) is 0.673. The molecule has 1 aromatic heterocycles. The molecule has 3 rings (SSSR count). The number of rotatable bonds is 3. The van der Waals surface area contributed by atoms with Crippen LogP contribution in [0.5, 0.6) is 0 Å². The van der Waals surface area contributed by atoms with Crippen LogP contribution in [-0.4, -0.2) is 59.7 Å². The van der Waals surface area contributed by atoms with Gasteiger partial charge >= 0.3 is 0 Å². The molecule has 10 heteroatoms. The van der Waals surface area contributed by atoms with Crippen LogP contribution < -0.4 is 0 Å². The van der Waals surface area contributed by atoms with Crippen molar-refractivity contribution in [3.05, 3.63) is 54.1 Å². The van der Waals surface area contributed by atoms with Crippen molar-refractivity contribution < 1.29 is 13.2 Å². The average Bonchev–Trinajstić information content (AvgIpc) is 2.95. The van der Waals surface area contributed by atoms with E-state index in [1.54, 1.807) is 17.0 Å². The molecule has 2 heterocycles. The van der Waals surface area contributed by atoms with E-state index in [0.717, 1.165) is 0 Å². The molecule has 142 valence electrons. The number of amides is 1. The lowest BCUT2D eigenvalue weighted by Crippen LogP contribution is -2.37. The summed E-state index contributed by atoms with van der Waals surface area (Å²) in [4.78, 5) is 21.9. The molecule has 0 unspecified atom stereocenters. The van der Waals surface area contributed by atoms with E-state index in [-0.39, 0.29) is 36.3 Å². The van der Waals surface area contributed by atoms with Crippen molar-refractivity contribution in [2.75, 3.05) is 26.2 Å². The van der Waals surface area contributed by atoms with Crippen LogP contribution in [0.4, 0.5) is 0 Å². The Kier molecular flexibility index (Phi) is 6.85. The maximum Gasteiger partial charge on any atom is 0.257 e. The van der Waals surface area contributed by atoms with E-state index < -0.39 is 10.0 Å². The molecule has 1 amide bonds. The lowest BCUT2D eigenvalue weighted by molar-refractivity contribution is 0.0763. The highest BCUT2D eigenvalue weighted by Crippen LogP contribution is 2.19. The Morgan fingerprint density at radius 1 is 1.11 bits per heavy atom. The van der Waals surface area contributed by atoms with Crippen LogP contribution >= 0.6 is 12.4 Å². The van der Waals surface area contributed by atoms with Crippen LogP contribution in [0.15, 0.2) is 47.9 Å². The zero-order valence-electron chi connectivity index (χ0n) is 14.4. The number of hydrogen-bond acceptors (Lipinski definition) is 6. The largest absolute Gasteiger partial charge is 0.337 e. The van der Waals surface area contributed by atoms with Crippen LogP contribution in [0.3, 0.4) is 0 Å². The van der Waals surface area contributed by atoms with Gasteiger partial charge in [0.25, 0.3) is 5.91 Å². The van der Waals surface area contributed by atoms with Crippen LogP contribution in [0, 0.1) is 11.3 Å². The maximum atomic E-state index is 12.8. The quantitative estimate of drug-likeness (QED) is 0.759. The van der Waals surface area contributed by atoms with Crippen molar-refractivity contribution in [1.82, 2.24) is 19.2 Å². The smallest absolute Gasteiger partial charge is 0.257 e. The highest BCUT2D eigenvalue weighted by Gasteiger charge is 2.28. The molecule has 2 aromatic rings. The first-order valence-corrected chi connectivity index (χ1v) is 9.51. The van der Waals surface area contributed by atoms with E-state index in [1.807, 2.05) is 6.07 Å². The number of hydrogen-bond donors (Lipinski definition) is 0. The molecular weight excluding hydrogens is 390 g/mol. The molecule has 1 saturated heterocycles. The van der Waals surface area contributed by atoms with Gasteiger partial charge in [-0.25, -0.2) is 18.4 Å². The molecule has 1 aromatic carbocycles. The van der Waals surface area contributed by atoms with Crippen molar-refractivity contribution in [3.8, 4) is 6.07 Å². The number of sulfonamides is 1. The standard InChI is InChI=1S/C17H17N5O3S.ClH/c18-10-14-3-1-4-16(9-14)26(24,25)22-6-2-5-21(7-8-22)17(23)15-11-19-13-20-12-15;/h1,3-4,9,11-13H,2,5-8H2;1H. The van der Waals surface area contributed by atoms with Gasteiger partial charge in [0.15, 0.2) is 0 Å². The molecule has 0 N–H and O–H groups in total. The topological polar surface area (TPSA) is 107 Å². The molecule has 27 heavy (non-hydrogen) atoms. The van der Waals surface area contributed by atoms with E-state index in [2.05, 4.69) is 9.97 Å². The second-order valence-electron chi connectivity index (χ2n) is 5.82. The molecule has 8 nitrogen and oxygen atoms in total. The Balaban J connectivity index is 0.00000261. The molecule has 0 aliphatic carbocycles. The van der Waals surface area contributed by atoms with Crippen molar-refractivity contribution in [2.24, 2.45) is 0 Å². The van der Waals surface area contributed by atoms with E-state index in [0.29, 0.717) is 30.6 Å². The van der Waals surface area contributed by atoms with Gasteiger partial charge in [0, 0.05) is 38.6 Å². The van der Waals surface area contributed by atoms with Crippen LogP contribution in [0.1, 0.15) is 22.3 Å². The summed E-state index contributed by atoms with van der Waals surface area (Å²) in [6.07, 6.45) is 4.77. The second kappa shape index (κ2) is 8.90. The molecule has 0 bridgehead atoms. The number of halogens is 1. The van der Waals surface area contributed by atoms with Crippen molar-refractivity contribution in [2.45, 2.75) is 11.3 Å². The Morgan fingerprint density at radius 2 is 1.85 bits per heavy atom. The zero-order chi connectivity index (χ0) is 18.6. The molecule has 0 radical (unpaired) electrons. The van der Waals surface area contributed by atoms with Gasteiger partial charge in [0.2, 0.25) is 10.0 Å². The Hall–Kier alpha value is -2.54. The van der Waals surface area contributed by atoms with E-state index in [9.17, 15) is 13.2 Å². The van der Waals surface area contributed by atoms with E-state index >= 15 is 0 Å². The lowest BCUT2D eigenvalue weighted by Gasteiger charge is -2.22. The summed E-state index contributed by atoms with van der Waals surface area (Å²) >= 11 is 0. The normalized spacial score (nSPS) is 15.3. The Bertz CT molecular complexity index is 947. The number of carbonyl (C=O) groups is 1. The fourth-order valence-electron chi connectivity index (χ4n) is 2.80. The Labute approximate surface area is 163 Å². The number of carbonyl (C=O) groups excluding carboxylic acids is 1. The monoisotopic (exact) mass is 407 g/mol. The summed E-state index contributed by atoms with van der Waals surface area (Å²) in [6.45, 7) is 1.25. The predicted octanol–water partition coefficient (Wildman–Crippen LogP) is 1.31. The molecular formula is C17H18ClN5O3S. The van der Waals surface area contributed by atoms with Crippen LogP contribution in [0.25, 0.3) is 0 Å². The molecule has 1 aliphatic rings. The number of benzene rings is 1. The van der Waals surface area contributed by atoms with Crippen LogP contribution in [-0.2, 0) is 10.0 Å². The van der Waals surface area contributed by atoms with Gasteiger partial charge in [-0.3, -0.25) is 4.79 Å². The van der Waals surface area contributed by atoms with Gasteiger partial charge in [-0.05, 0) is 24.6 Å². The minimum atomic E-state index is -3.71. The lowest BCUT2D eigenvalue weighted by atomic mass is 10.2. The third-order valence-electron chi connectivity index (χ3n) is 4.15. The predicted molar refractivity (Wildman–Crippen MR) is 99.7 cm³/mol. The Morgan fingerprint density at radius 3 is 2.56 bits per heavy atom. The van der Waals surface area contributed by atoms with Crippen LogP contribution in [0.2, 0.25) is 0 Å². The maximum absolute atomic E-state index is 12.8. The minimum Gasteiger partial charge on any atom is -0.337 e. The highest BCUT2D eigenvalue weighted by molar-refractivity contribution is 7.89. The van der Waals surface area contributed by atoms with Gasteiger partial charge in [0.1, 0.15) is 6.33 Å². The number of nitrogens with zero attached hydrogens (tertiary/aromatic N) is 5. The highest BCUT2D eigenvalue weighted by atomic mass is 35.5. The van der Waals surface area contributed by atoms with Gasteiger partial charge in [-0.1, -0.05) is 6.07 Å². The summed E-state index contributed by atoms with van der Waals surface area (Å²) < 4.78 is 27.1. The molecule has 0 atom stereocenters. The average molecular weight is 408 g/mol. The molecule has 0 spiro atoms. The minimum absolute atomic E-state index is 0. The van der Waals surface area contributed by atoms with Crippen molar-refractivity contribution in [3.63, 3.8) is 0 Å². The molecule has 1 fully saturated rings. The zero-order valence-corrected chi connectivity index (χ0v) is 16.0. The van der Waals surface area contributed by atoms with Crippen molar-refractivity contribution >= 4 is 28.3 Å². The van der Waals surface area contributed by atoms with Gasteiger partial charge in [-0.15, -0.1) is 12.4 Å². The SMILES string of the molecule is Cl.N#Cc1cccc(S(=O)(=O)N2CCCN(C(=O)c3cncnc3)CC2)c1. The van der Waals surface area contributed by atoms with Gasteiger partial charge in [0.05, 0.1) is 22.1 Å². The fraction of sp³-hybridized carbons (Fsp3) is 0.294. The van der Waals surface area contributed by atoms with E-state index in [4.69, 9.17) is 5.26 Å². The molecule has 0 saturated carbocycles. The summed E-state index contributed by atoms with van der Waals surface area (Å²) in [5.74, 6) is -0.212. The third kappa shape index (κ3) is 4.60. The first-order chi connectivity index (χ1) is 12.5. The van der Waals surface area contributed by atoms with E-state index in [1.165, 1.54) is 35.2 Å². The second-order valence-corrected chi connectivity index (χ2v) is 7.75. The van der Waals surface area contributed by atoms with Crippen molar-refractivity contribution in [1.29, 1.82) is 5.26 Å².